The van der Waals surface area contributed by atoms with Gasteiger partial charge in [-0.25, -0.2) is 0 Å². The third-order valence-electron chi connectivity index (χ3n) is 3.93. The minimum Gasteiger partial charge on any atom is -0.390 e. The maximum absolute atomic E-state index is 9.88. The molecular formula is C10H14O3. The summed E-state index contributed by atoms with van der Waals surface area (Å²) >= 11 is 0. The van der Waals surface area contributed by atoms with E-state index in [1.165, 1.54) is 0 Å². The number of aliphatic hydroxyl groups is 1. The molecule has 4 bridgehead atoms. The fourth-order valence-electron chi connectivity index (χ4n) is 2.96. The van der Waals surface area contributed by atoms with E-state index in [9.17, 15) is 5.11 Å². The normalized spacial score (nSPS) is 58.8. The first-order valence-corrected chi connectivity index (χ1v) is 4.79. The average Bonchev–Trinajstić information content (AvgIpc) is 2.32. The maximum Gasteiger partial charge on any atom is 0.180 e. The summed E-state index contributed by atoms with van der Waals surface area (Å²) in [4.78, 5) is 0. The molecule has 0 aromatic carbocycles. The van der Waals surface area contributed by atoms with Crippen molar-refractivity contribution in [1.29, 1.82) is 0 Å². The molecule has 4 fully saturated rings. The Morgan fingerprint density at radius 3 is 3.08 bits per heavy atom. The molecular weight excluding hydrogens is 168 g/mol. The van der Waals surface area contributed by atoms with Gasteiger partial charge in [-0.15, -0.1) is 0 Å². The molecule has 4 rings (SSSR count). The highest BCUT2D eigenvalue weighted by molar-refractivity contribution is 5.22. The zero-order valence-electron chi connectivity index (χ0n) is 7.69. The van der Waals surface area contributed by atoms with E-state index >= 15 is 0 Å². The van der Waals surface area contributed by atoms with Gasteiger partial charge in [-0.1, -0.05) is 6.58 Å². The van der Waals surface area contributed by atoms with Crippen molar-refractivity contribution in [2.75, 3.05) is 6.61 Å². The molecule has 72 valence electrons. The van der Waals surface area contributed by atoms with Crippen LogP contribution in [0.2, 0.25) is 0 Å². The quantitative estimate of drug-likeness (QED) is 0.560. The Labute approximate surface area is 77.3 Å². The van der Waals surface area contributed by atoms with Gasteiger partial charge >= 0.3 is 0 Å². The Balaban J connectivity index is 2.07. The van der Waals surface area contributed by atoms with Crippen molar-refractivity contribution in [3.8, 4) is 0 Å². The SMILES string of the molecule is C=C1[C@H]2OC[C@H]3[C@@H]1C[C@H](O)[C@]3(C)O2. The zero-order chi connectivity index (χ0) is 9.22. The van der Waals surface area contributed by atoms with Gasteiger partial charge in [0.2, 0.25) is 0 Å². The average molecular weight is 182 g/mol. The van der Waals surface area contributed by atoms with E-state index in [2.05, 4.69) is 6.58 Å². The zero-order valence-corrected chi connectivity index (χ0v) is 7.69. The lowest BCUT2D eigenvalue weighted by atomic mass is 9.79. The van der Waals surface area contributed by atoms with Crippen LogP contribution in [0.25, 0.3) is 0 Å². The largest absolute Gasteiger partial charge is 0.390 e. The molecule has 0 aromatic heterocycles. The predicted octanol–water partition coefficient (Wildman–Crippen LogP) is 0.685. The summed E-state index contributed by atoms with van der Waals surface area (Å²) in [5.41, 5.74) is 0.639. The lowest BCUT2D eigenvalue weighted by Crippen LogP contribution is -2.57. The van der Waals surface area contributed by atoms with Crippen LogP contribution in [-0.4, -0.2) is 29.7 Å². The smallest absolute Gasteiger partial charge is 0.180 e. The first-order valence-electron chi connectivity index (χ1n) is 4.79. The second-order valence-electron chi connectivity index (χ2n) is 4.51. The summed E-state index contributed by atoms with van der Waals surface area (Å²) in [5, 5.41) is 9.88. The molecule has 5 atom stereocenters. The van der Waals surface area contributed by atoms with E-state index in [0.29, 0.717) is 18.4 Å². The fourth-order valence-corrected chi connectivity index (χ4v) is 2.96. The first kappa shape index (κ1) is 7.97. The maximum atomic E-state index is 9.88. The number of rotatable bonds is 0. The molecule has 1 saturated carbocycles. The lowest BCUT2D eigenvalue weighted by Gasteiger charge is -2.49. The summed E-state index contributed by atoms with van der Waals surface area (Å²) in [5.74, 6) is 0.715. The van der Waals surface area contributed by atoms with Crippen LogP contribution in [0, 0.1) is 11.8 Å². The highest BCUT2D eigenvalue weighted by atomic mass is 16.7. The monoisotopic (exact) mass is 182 g/mol. The van der Waals surface area contributed by atoms with Crippen LogP contribution in [-0.2, 0) is 9.47 Å². The molecule has 1 N–H and O–H groups in total. The van der Waals surface area contributed by atoms with Crippen molar-refractivity contribution >= 4 is 0 Å². The molecule has 13 heavy (non-hydrogen) atoms. The fraction of sp³-hybridized carbons (Fsp3) is 0.800. The molecule has 3 aliphatic heterocycles. The number of hydrogen-bond donors (Lipinski definition) is 1. The van der Waals surface area contributed by atoms with Gasteiger partial charge in [-0.2, -0.15) is 0 Å². The Hall–Kier alpha value is -0.380. The molecule has 0 spiro atoms. The Morgan fingerprint density at radius 1 is 1.62 bits per heavy atom. The lowest BCUT2D eigenvalue weighted by molar-refractivity contribution is -0.293. The number of aliphatic hydroxyl groups excluding tert-OH is 1. The summed E-state index contributed by atoms with van der Waals surface area (Å²) in [6.07, 6.45) is 0.171. The van der Waals surface area contributed by atoms with Crippen LogP contribution < -0.4 is 0 Å². The minimum absolute atomic E-state index is 0.267. The highest BCUT2D eigenvalue weighted by Crippen LogP contribution is 2.55. The Bertz CT molecular complexity index is 275. The van der Waals surface area contributed by atoms with Crippen LogP contribution in [0.5, 0.6) is 0 Å². The van der Waals surface area contributed by atoms with Gasteiger partial charge in [0.25, 0.3) is 0 Å². The van der Waals surface area contributed by atoms with Gasteiger partial charge in [0, 0.05) is 5.92 Å². The molecule has 4 aliphatic rings. The summed E-state index contributed by atoms with van der Waals surface area (Å²) in [6, 6.07) is 0. The van der Waals surface area contributed by atoms with Gasteiger partial charge in [0.05, 0.1) is 12.7 Å². The van der Waals surface area contributed by atoms with Crippen molar-refractivity contribution in [3.63, 3.8) is 0 Å². The second-order valence-corrected chi connectivity index (χ2v) is 4.51. The van der Waals surface area contributed by atoms with Crippen LogP contribution >= 0.6 is 0 Å². The summed E-state index contributed by atoms with van der Waals surface area (Å²) in [6.45, 7) is 6.68. The number of hydrogen-bond acceptors (Lipinski definition) is 3. The van der Waals surface area contributed by atoms with Gasteiger partial charge in [0.1, 0.15) is 5.60 Å². The van der Waals surface area contributed by atoms with E-state index < -0.39 is 0 Å². The van der Waals surface area contributed by atoms with Crippen molar-refractivity contribution in [2.24, 2.45) is 11.8 Å². The van der Waals surface area contributed by atoms with Gasteiger partial charge in [0.15, 0.2) is 6.29 Å². The van der Waals surface area contributed by atoms with Crippen LogP contribution in [0.3, 0.4) is 0 Å². The van der Waals surface area contributed by atoms with E-state index in [4.69, 9.17) is 9.47 Å². The third-order valence-corrected chi connectivity index (χ3v) is 3.93. The summed E-state index contributed by atoms with van der Waals surface area (Å²) < 4.78 is 11.2. The molecule has 0 amide bonds. The van der Waals surface area contributed by atoms with Gasteiger partial charge < -0.3 is 14.6 Å². The standard InChI is InChI=1S/C10H14O3/c1-5-6-3-8(11)10(2)7(6)4-12-9(5)13-10/h6-9,11H,1,3-4H2,2H3/t6-,7+,8+,9+,10-/m1/s1. The van der Waals surface area contributed by atoms with E-state index in [1.54, 1.807) is 0 Å². The van der Waals surface area contributed by atoms with Gasteiger partial charge in [-0.05, 0) is 24.8 Å². The highest BCUT2D eigenvalue weighted by Gasteiger charge is 2.62. The van der Waals surface area contributed by atoms with E-state index in [0.717, 1.165) is 12.0 Å². The van der Waals surface area contributed by atoms with Gasteiger partial charge in [-0.3, -0.25) is 0 Å². The molecule has 0 unspecified atom stereocenters. The molecule has 3 nitrogen and oxygen atoms in total. The van der Waals surface area contributed by atoms with Crippen molar-refractivity contribution < 1.29 is 14.6 Å². The van der Waals surface area contributed by atoms with E-state index in [-0.39, 0.29) is 18.0 Å². The number of fused-ring (bicyclic) bond motifs is 1. The topological polar surface area (TPSA) is 38.7 Å². The van der Waals surface area contributed by atoms with Crippen molar-refractivity contribution in [1.82, 2.24) is 0 Å². The Morgan fingerprint density at radius 2 is 2.38 bits per heavy atom. The predicted molar refractivity (Wildman–Crippen MR) is 46.0 cm³/mol. The molecule has 0 radical (unpaired) electrons. The second kappa shape index (κ2) is 2.16. The minimum atomic E-state index is -0.380. The molecule has 3 saturated heterocycles. The van der Waals surface area contributed by atoms with Crippen LogP contribution in [0.1, 0.15) is 13.3 Å². The molecule has 3 heteroatoms. The van der Waals surface area contributed by atoms with E-state index in [1.807, 2.05) is 6.92 Å². The van der Waals surface area contributed by atoms with Crippen LogP contribution in [0.15, 0.2) is 12.2 Å². The molecule has 3 heterocycles. The molecule has 1 aliphatic carbocycles. The van der Waals surface area contributed by atoms with Crippen molar-refractivity contribution in [2.45, 2.75) is 31.3 Å². The first-order chi connectivity index (χ1) is 6.13. The third kappa shape index (κ3) is 0.760. The molecule has 0 aromatic rings. The number of ether oxygens (including phenoxy) is 2. The van der Waals surface area contributed by atoms with Crippen LogP contribution in [0.4, 0.5) is 0 Å². The Kier molecular flexibility index (Phi) is 1.33. The summed E-state index contributed by atoms with van der Waals surface area (Å²) in [7, 11) is 0. The van der Waals surface area contributed by atoms with Crippen molar-refractivity contribution in [3.05, 3.63) is 12.2 Å².